The first-order valence-electron chi connectivity index (χ1n) is 31.7. The Morgan fingerprint density at radius 1 is 0.890 bits per heavy atom. The van der Waals surface area contributed by atoms with Crippen LogP contribution in [-0.4, -0.2) is 208 Å². The van der Waals surface area contributed by atoms with Crippen molar-refractivity contribution in [2.24, 2.45) is 35.3 Å². The highest BCUT2D eigenvalue weighted by Gasteiger charge is 2.45. The second-order valence-corrected chi connectivity index (χ2v) is 28.3. The average Bonchev–Trinajstić information content (AvgIpc) is 2.11. The maximum atomic E-state index is 14.9. The SMILES string of the molecule is CCC(C)C(C(CC(=O)N1CCCC1C(OC)C(C)C(=O)NC(Cc1ccccc1)c1nccs1)OC)N(C)C(=O)C(NC(=O)C(C(C)C)N(C)C(=O)CCC(C)(C)OCCC(C)(C)NC(=O)CCN1C(=O)CC(SCC(NC(=O)CON)C(N)=O)C1O)C(C)C. The van der Waals surface area contributed by atoms with E-state index in [4.69, 9.17) is 25.8 Å². The highest BCUT2D eigenvalue weighted by Crippen LogP contribution is 2.33. The zero-order valence-electron chi connectivity index (χ0n) is 56.2. The van der Waals surface area contributed by atoms with Gasteiger partial charge in [-0.15, -0.1) is 11.3 Å². The number of hydrogen-bond acceptors (Lipinski definition) is 18. The van der Waals surface area contributed by atoms with Gasteiger partial charge in [-0.1, -0.05) is 85.2 Å². The topological polar surface area (TPSA) is 337 Å². The highest BCUT2D eigenvalue weighted by atomic mass is 32.2. The van der Waals surface area contributed by atoms with Crippen LogP contribution in [0.3, 0.4) is 0 Å². The number of amides is 9. The molecular formula is C64H105N11O14S2. The number of nitrogens with zero attached hydrogens (tertiary/aromatic N) is 5. The minimum absolute atomic E-state index is 0.0153. The molecule has 0 bridgehead atoms. The van der Waals surface area contributed by atoms with Crippen LogP contribution in [0.2, 0.25) is 0 Å². The van der Waals surface area contributed by atoms with Gasteiger partial charge in [0.1, 0.15) is 36.0 Å². The predicted octanol–water partition coefficient (Wildman–Crippen LogP) is 3.85. The maximum absolute atomic E-state index is 14.9. The fourth-order valence-corrected chi connectivity index (χ4v) is 13.9. The summed E-state index contributed by atoms with van der Waals surface area (Å²) in [7, 11) is 6.35. The van der Waals surface area contributed by atoms with Gasteiger partial charge in [0.05, 0.1) is 53.5 Å². The number of carbonyl (C=O) groups is 9. The number of aromatic nitrogens is 1. The van der Waals surface area contributed by atoms with E-state index in [0.717, 1.165) is 22.3 Å². The summed E-state index contributed by atoms with van der Waals surface area (Å²) in [5.41, 5.74) is 4.94. The number of carbonyl (C=O) groups excluding carboxylic acids is 9. The van der Waals surface area contributed by atoms with Crippen molar-refractivity contribution in [3.63, 3.8) is 0 Å². The summed E-state index contributed by atoms with van der Waals surface area (Å²) in [6.07, 6.45) is 2.20. The number of aliphatic hydroxyl groups excluding tert-OH is 1. The molecule has 27 heteroatoms. The van der Waals surface area contributed by atoms with Gasteiger partial charge in [0, 0.05) is 90.1 Å². The Morgan fingerprint density at radius 3 is 2.15 bits per heavy atom. The maximum Gasteiger partial charge on any atom is 0.248 e. The number of thioether (sulfide) groups is 1. The van der Waals surface area contributed by atoms with Crippen LogP contribution in [0.15, 0.2) is 41.9 Å². The Morgan fingerprint density at radius 2 is 1.57 bits per heavy atom. The number of benzene rings is 1. The van der Waals surface area contributed by atoms with Crippen LogP contribution in [0.4, 0.5) is 0 Å². The van der Waals surface area contributed by atoms with Gasteiger partial charge in [-0.2, -0.15) is 11.8 Å². The van der Waals surface area contributed by atoms with Crippen molar-refractivity contribution < 1.29 is 67.3 Å². The smallest absolute Gasteiger partial charge is 0.248 e. The number of thiazole rings is 1. The van der Waals surface area contributed by atoms with E-state index < -0.39 is 95.3 Å². The van der Waals surface area contributed by atoms with Crippen molar-refractivity contribution in [1.29, 1.82) is 0 Å². The molecule has 512 valence electrons. The molecule has 12 unspecified atom stereocenters. The van der Waals surface area contributed by atoms with E-state index in [-0.39, 0.29) is 104 Å². The number of primary amides is 1. The number of aliphatic hydroxyl groups is 1. The Bertz CT molecular complexity index is 2690. The molecule has 9 N–H and O–H groups in total. The standard InChI is InChI=1S/C64H105N11O14S2/c1-16-40(6)55(46(86-14)34-51(79)74-29-20-23-45(74)56(87-15)41(7)58(82)69-43(60-67-28-32-90-60)33-42-21-18-17-19-22-42)73(13)62(85)53(38(2)3)70-59(83)54(39(4)5)72(12)50(78)24-26-64(10,11)88-31-27-63(8,9)71-48(76)25-30-75-52(80)35-47(61(75)84)91-37-44(57(65)81)68-49(77)36-89-66/h17-19,21-22,28,32,38-41,43-47,53-56,61,84H,16,20,23-27,29-31,33-37,66H2,1-15H3,(H2,65,81)(H,68,77)(H,69,82)(H,70,83)(H,71,76). The summed E-state index contributed by atoms with van der Waals surface area (Å²) in [6, 6.07) is 5.54. The monoisotopic (exact) mass is 1320 g/mol. The van der Waals surface area contributed by atoms with E-state index in [1.165, 1.54) is 28.2 Å². The quantitative estimate of drug-likeness (QED) is 0.0468. The third-order valence-electron chi connectivity index (χ3n) is 17.5. The molecule has 2 aromatic rings. The fourth-order valence-electron chi connectivity index (χ4n) is 12.0. The molecule has 3 heterocycles. The summed E-state index contributed by atoms with van der Waals surface area (Å²) >= 11 is 2.57. The molecule has 0 saturated carbocycles. The molecule has 4 rings (SSSR count). The lowest BCUT2D eigenvalue weighted by Gasteiger charge is -2.41. The lowest BCUT2D eigenvalue weighted by atomic mass is 9.89. The molecule has 12 atom stereocenters. The number of nitrogens with one attached hydrogen (secondary N) is 4. The number of likely N-dealkylation sites (N-methyl/N-ethyl adjacent to an activating group) is 2. The van der Waals surface area contributed by atoms with Crippen LogP contribution >= 0.6 is 23.1 Å². The molecule has 1 aromatic heterocycles. The summed E-state index contributed by atoms with van der Waals surface area (Å²) in [5, 5.41) is 24.6. The van der Waals surface area contributed by atoms with E-state index in [1.54, 1.807) is 37.2 Å². The lowest BCUT2D eigenvalue weighted by Crippen LogP contribution is -2.60. The van der Waals surface area contributed by atoms with Crippen LogP contribution < -0.4 is 32.9 Å². The van der Waals surface area contributed by atoms with Gasteiger partial charge in [-0.25, -0.2) is 10.9 Å². The zero-order chi connectivity index (χ0) is 68.1. The van der Waals surface area contributed by atoms with E-state index in [0.29, 0.717) is 45.1 Å². The van der Waals surface area contributed by atoms with Gasteiger partial charge in [0.2, 0.25) is 53.2 Å². The fraction of sp³-hybridized carbons (Fsp3) is 0.719. The molecule has 1 aromatic carbocycles. The lowest BCUT2D eigenvalue weighted by molar-refractivity contribution is -0.148. The molecule has 0 radical (unpaired) electrons. The van der Waals surface area contributed by atoms with Gasteiger partial charge in [0.15, 0.2) is 0 Å². The van der Waals surface area contributed by atoms with Crippen LogP contribution in [0.25, 0.3) is 0 Å². The highest BCUT2D eigenvalue weighted by molar-refractivity contribution is 8.00. The molecule has 9 amide bonds. The van der Waals surface area contributed by atoms with Crippen LogP contribution in [0, 0.1) is 23.7 Å². The first-order valence-corrected chi connectivity index (χ1v) is 33.6. The number of likely N-dealkylation sites (tertiary alicyclic amines) is 2. The molecule has 91 heavy (non-hydrogen) atoms. The van der Waals surface area contributed by atoms with Crippen molar-refractivity contribution in [2.75, 3.05) is 60.4 Å². The predicted molar refractivity (Wildman–Crippen MR) is 348 cm³/mol. The minimum Gasteiger partial charge on any atom is -0.379 e. The van der Waals surface area contributed by atoms with Crippen molar-refractivity contribution in [3.8, 4) is 0 Å². The van der Waals surface area contributed by atoms with E-state index in [1.807, 2.05) is 112 Å². The van der Waals surface area contributed by atoms with Gasteiger partial charge < -0.3 is 65.9 Å². The second kappa shape index (κ2) is 36.6. The van der Waals surface area contributed by atoms with Crippen molar-refractivity contribution >= 4 is 76.3 Å². The molecule has 2 fully saturated rings. The number of nitrogens with two attached hydrogens (primary N) is 2. The summed E-state index contributed by atoms with van der Waals surface area (Å²) < 4.78 is 18.5. The first kappa shape index (κ1) is 77.6. The Labute approximate surface area is 546 Å². The molecule has 2 aliphatic heterocycles. The van der Waals surface area contributed by atoms with E-state index in [9.17, 15) is 48.3 Å². The Kier molecular flexibility index (Phi) is 31.2. The van der Waals surface area contributed by atoms with E-state index in [2.05, 4.69) is 31.1 Å². The van der Waals surface area contributed by atoms with Gasteiger partial charge in [-0.3, -0.25) is 48.0 Å². The third kappa shape index (κ3) is 23.0. The number of ether oxygens (including phenoxy) is 3. The van der Waals surface area contributed by atoms with Crippen molar-refractivity contribution in [3.05, 3.63) is 52.5 Å². The molecule has 2 aliphatic rings. The van der Waals surface area contributed by atoms with Gasteiger partial charge in [0.25, 0.3) is 0 Å². The number of rotatable bonds is 39. The molecule has 2 saturated heterocycles. The van der Waals surface area contributed by atoms with Crippen molar-refractivity contribution in [2.45, 2.75) is 211 Å². The van der Waals surface area contributed by atoms with Crippen LogP contribution in [-0.2, 0) is 68.6 Å². The van der Waals surface area contributed by atoms with Crippen LogP contribution in [0.1, 0.15) is 151 Å². The summed E-state index contributed by atoms with van der Waals surface area (Å²) in [5.74, 6) is -0.339. The van der Waals surface area contributed by atoms with Gasteiger partial charge >= 0.3 is 0 Å². The van der Waals surface area contributed by atoms with Crippen LogP contribution in [0.5, 0.6) is 0 Å². The molecule has 0 spiro atoms. The van der Waals surface area contributed by atoms with Gasteiger partial charge in [-0.05, 0) is 83.1 Å². The summed E-state index contributed by atoms with van der Waals surface area (Å²) in [6.45, 7) is 20.7. The van der Waals surface area contributed by atoms with E-state index >= 15 is 0 Å². The summed E-state index contributed by atoms with van der Waals surface area (Å²) in [4.78, 5) is 137. The number of methoxy groups -OCH3 is 2. The third-order valence-corrected chi connectivity index (χ3v) is 19.7. The minimum atomic E-state index is -1.24. The molecular weight excluding hydrogens is 1210 g/mol. The Balaban J connectivity index is 1.32. The first-order chi connectivity index (χ1) is 42.8. The molecule has 0 aliphatic carbocycles. The average molecular weight is 1320 g/mol. The van der Waals surface area contributed by atoms with Crippen molar-refractivity contribution in [1.82, 2.24) is 45.9 Å². The second-order valence-electron chi connectivity index (χ2n) is 26.1. The Hall–Kier alpha value is -5.81. The number of hydrogen-bond donors (Lipinski definition) is 7. The zero-order valence-corrected chi connectivity index (χ0v) is 57.8. The molecule has 25 nitrogen and oxygen atoms in total. The largest absolute Gasteiger partial charge is 0.379 e. The normalized spacial score (nSPS) is 19.2.